The van der Waals surface area contributed by atoms with Crippen molar-refractivity contribution < 1.29 is 19.0 Å². The molecule has 5 rings (SSSR count). The summed E-state index contributed by atoms with van der Waals surface area (Å²) in [6.45, 7) is 2.29. The van der Waals surface area contributed by atoms with Gasteiger partial charge in [-0.05, 0) is 43.3 Å². The van der Waals surface area contributed by atoms with E-state index >= 15 is 0 Å². The number of nitrogens with zero attached hydrogens (tertiary/aromatic N) is 3. The fourth-order valence-corrected chi connectivity index (χ4v) is 3.92. The van der Waals surface area contributed by atoms with Gasteiger partial charge in [-0.15, -0.1) is 0 Å². The van der Waals surface area contributed by atoms with Crippen molar-refractivity contribution in [2.24, 2.45) is 5.73 Å². The Morgan fingerprint density at radius 1 is 1.16 bits per heavy atom. The van der Waals surface area contributed by atoms with Crippen LogP contribution in [0.3, 0.4) is 0 Å². The number of ether oxygens (including phenoxy) is 3. The molecule has 0 spiro atoms. The molecule has 0 saturated heterocycles. The number of hydrogen-bond donors (Lipinski definition) is 2. The van der Waals surface area contributed by atoms with E-state index in [0.29, 0.717) is 29.7 Å². The van der Waals surface area contributed by atoms with Crippen LogP contribution in [-0.2, 0) is 16.1 Å². The number of hydrogen-bond acceptors (Lipinski definition) is 7. The summed E-state index contributed by atoms with van der Waals surface area (Å²) in [7, 11) is 0. The van der Waals surface area contributed by atoms with Crippen LogP contribution in [0.1, 0.15) is 24.3 Å². The minimum absolute atomic E-state index is 0.0604. The van der Waals surface area contributed by atoms with E-state index < -0.39 is 5.91 Å². The summed E-state index contributed by atoms with van der Waals surface area (Å²) in [6.07, 6.45) is 1.42. The van der Waals surface area contributed by atoms with Crippen molar-refractivity contribution in [1.29, 1.82) is 0 Å². The zero-order valence-corrected chi connectivity index (χ0v) is 17.3. The highest BCUT2D eigenvalue weighted by Crippen LogP contribution is 2.40. The zero-order chi connectivity index (χ0) is 22.2. The van der Waals surface area contributed by atoms with Gasteiger partial charge in [0.1, 0.15) is 34.6 Å². The standard InChI is InChI=1S/C23H21N5O4/c1-13-20-18(10-30-13)28(22-21(20)26-12-27-23(22)25)14-5-7-15(8-6-14)32-17-4-2-3-16(9-17)31-11-19(24)29/h2-9,12-13H,10-11H2,1H3,(H2,24,29)(H2,25,26,27). The van der Waals surface area contributed by atoms with E-state index in [1.807, 2.05) is 35.8 Å². The van der Waals surface area contributed by atoms with Gasteiger partial charge in [0.05, 0.1) is 18.4 Å². The fourth-order valence-electron chi connectivity index (χ4n) is 3.92. The Bertz CT molecular complexity index is 1320. The number of rotatable bonds is 6. The quantitative estimate of drug-likeness (QED) is 0.480. The molecule has 1 aliphatic rings. The van der Waals surface area contributed by atoms with Gasteiger partial charge in [0.2, 0.25) is 0 Å². The molecule has 9 heteroatoms. The van der Waals surface area contributed by atoms with E-state index in [2.05, 4.69) is 9.97 Å². The van der Waals surface area contributed by atoms with Gasteiger partial charge in [0, 0.05) is 17.3 Å². The average Bonchev–Trinajstić information content (AvgIpc) is 3.32. The molecule has 1 atom stereocenters. The lowest BCUT2D eigenvalue weighted by Gasteiger charge is -2.12. The molecule has 2 aromatic carbocycles. The van der Waals surface area contributed by atoms with Crippen LogP contribution in [0.2, 0.25) is 0 Å². The maximum atomic E-state index is 10.9. The van der Waals surface area contributed by atoms with E-state index in [1.165, 1.54) is 6.33 Å². The number of carbonyl (C=O) groups excluding carboxylic acids is 1. The van der Waals surface area contributed by atoms with Crippen LogP contribution in [0.5, 0.6) is 17.2 Å². The topological polar surface area (TPSA) is 128 Å². The molecule has 1 amide bonds. The minimum atomic E-state index is -0.540. The lowest BCUT2D eigenvalue weighted by atomic mass is 10.1. The van der Waals surface area contributed by atoms with E-state index in [-0.39, 0.29) is 12.7 Å². The van der Waals surface area contributed by atoms with Gasteiger partial charge in [-0.3, -0.25) is 4.79 Å². The number of amides is 1. The Hall–Kier alpha value is -4.11. The molecule has 162 valence electrons. The van der Waals surface area contributed by atoms with Gasteiger partial charge < -0.3 is 30.2 Å². The number of fused-ring (bicyclic) bond motifs is 3. The SMILES string of the molecule is CC1OCc2c1c1ncnc(N)c1n2-c1ccc(Oc2cccc(OCC(N)=O)c2)cc1. The Kier molecular flexibility index (Phi) is 4.87. The first-order chi connectivity index (χ1) is 15.5. The van der Waals surface area contributed by atoms with Crippen molar-refractivity contribution in [3.63, 3.8) is 0 Å². The number of nitrogen functional groups attached to an aromatic ring is 1. The molecule has 4 N–H and O–H groups in total. The molecule has 1 aliphatic heterocycles. The normalized spacial score (nSPS) is 15.0. The van der Waals surface area contributed by atoms with Gasteiger partial charge in [-0.1, -0.05) is 6.07 Å². The summed E-state index contributed by atoms with van der Waals surface area (Å²) in [5.74, 6) is 1.60. The summed E-state index contributed by atoms with van der Waals surface area (Å²) in [5, 5.41) is 0. The predicted molar refractivity (Wildman–Crippen MR) is 118 cm³/mol. The Morgan fingerprint density at radius 2 is 1.94 bits per heavy atom. The molecule has 0 fully saturated rings. The largest absolute Gasteiger partial charge is 0.484 e. The molecule has 3 heterocycles. The smallest absolute Gasteiger partial charge is 0.255 e. The molecule has 9 nitrogen and oxygen atoms in total. The van der Waals surface area contributed by atoms with Gasteiger partial charge >= 0.3 is 0 Å². The fraction of sp³-hybridized carbons (Fsp3) is 0.174. The molecule has 4 aromatic rings. The van der Waals surface area contributed by atoms with Crippen molar-refractivity contribution in [2.75, 3.05) is 12.3 Å². The highest BCUT2D eigenvalue weighted by molar-refractivity contribution is 5.91. The van der Waals surface area contributed by atoms with Crippen LogP contribution in [0.15, 0.2) is 54.9 Å². The van der Waals surface area contributed by atoms with Gasteiger partial charge in [0.15, 0.2) is 12.4 Å². The van der Waals surface area contributed by atoms with Crippen LogP contribution in [0.4, 0.5) is 5.82 Å². The Balaban J connectivity index is 1.45. The second kappa shape index (κ2) is 7.86. The molecule has 32 heavy (non-hydrogen) atoms. The highest BCUT2D eigenvalue weighted by atomic mass is 16.5. The van der Waals surface area contributed by atoms with E-state index in [9.17, 15) is 4.79 Å². The van der Waals surface area contributed by atoms with Crippen LogP contribution in [-0.4, -0.2) is 27.0 Å². The first-order valence-corrected chi connectivity index (χ1v) is 10.1. The van der Waals surface area contributed by atoms with E-state index in [4.69, 9.17) is 25.7 Å². The van der Waals surface area contributed by atoms with Crippen molar-refractivity contribution in [1.82, 2.24) is 14.5 Å². The number of aromatic nitrogens is 3. The second-order valence-electron chi connectivity index (χ2n) is 7.43. The number of anilines is 1. The van der Waals surface area contributed by atoms with E-state index in [0.717, 1.165) is 28.0 Å². The van der Waals surface area contributed by atoms with E-state index in [1.54, 1.807) is 24.3 Å². The third-order valence-electron chi connectivity index (χ3n) is 5.30. The first kappa shape index (κ1) is 19.8. The van der Waals surface area contributed by atoms with Gasteiger partial charge in [-0.2, -0.15) is 0 Å². The first-order valence-electron chi connectivity index (χ1n) is 10.1. The number of benzene rings is 2. The Morgan fingerprint density at radius 3 is 2.72 bits per heavy atom. The zero-order valence-electron chi connectivity index (χ0n) is 17.3. The molecule has 2 aromatic heterocycles. The summed E-state index contributed by atoms with van der Waals surface area (Å²) in [5.41, 5.74) is 15.9. The van der Waals surface area contributed by atoms with Gasteiger partial charge in [-0.25, -0.2) is 9.97 Å². The number of nitrogens with two attached hydrogens (primary N) is 2. The van der Waals surface area contributed by atoms with Gasteiger partial charge in [0.25, 0.3) is 5.91 Å². The van der Waals surface area contributed by atoms with Crippen LogP contribution < -0.4 is 20.9 Å². The van der Waals surface area contributed by atoms with Crippen molar-refractivity contribution in [3.05, 3.63) is 66.1 Å². The highest BCUT2D eigenvalue weighted by Gasteiger charge is 2.30. The van der Waals surface area contributed by atoms with Crippen LogP contribution in [0.25, 0.3) is 16.7 Å². The summed E-state index contributed by atoms with van der Waals surface area (Å²) < 4.78 is 19.1. The summed E-state index contributed by atoms with van der Waals surface area (Å²) in [6, 6.07) is 14.6. The van der Waals surface area contributed by atoms with Crippen molar-refractivity contribution in [2.45, 2.75) is 19.6 Å². The minimum Gasteiger partial charge on any atom is -0.484 e. The lowest BCUT2D eigenvalue weighted by molar-refractivity contribution is -0.119. The number of primary amides is 1. The monoisotopic (exact) mass is 431 g/mol. The maximum absolute atomic E-state index is 10.9. The molecule has 0 aliphatic carbocycles. The molecular weight excluding hydrogens is 410 g/mol. The molecule has 1 unspecified atom stereocenters. The van der Waals surface area contributed by atoms with Crippen molar-refractivity contribution in [3.8, 4) is 22.9 Å². The predicted octanol–water partition coefficient (Wildman–Crippen LogP) is 3.25. The summed E-state index contributed by atoms with van der Waals surface area (Å²) in [4.78, 5) is 19.5. The third-order valence-corrected chi connectivity index (χ3v) is 5.30. The molecule has 0 saturated carbocycles. The van der Waals surface area contributed by atoms with Crippen LogP contribution >= 0.6 is 0 Å². The third kappa shape index (κ3) is 3.48. The number of carbonyl (C=O) groups is 1. The van der Waals surface area contributed by atoms with Crippen LogP contribution in [0, 0.1) is 0 Å². The molecular formula is C23H21N5O4. The second-order valence-corrected chi connectivity index (χ2v) is 7.43. The average molecular weight is 431 g/mol. The molecule has 0 bridgehead atoms. The lowest BCUT2D eigenvalue weighted by Crippen LogP contribution is -2.19. The summed E-state index contributed by atoms with van der Waals surface area (Å²) >= 11 is 0. The van der Waals surface area contributed by atoms with Crippen molar-refractivity contribution >= 4 is 22.8 Å². The maximum Gasteiger partial charge on any atom is 0.255 e. The Labute approximate surface area is 183 Å². The molecule has 0 radical (unpaired) electrons.